The van der Waals surface area contributed by atoms with Gasteiger partial charge in [-0.15, -0.1) is 0 Å². The second kappa shape index (κ2) is 6.87. The molecule has 0 fully saturated rings. The van der Waals surface area contributed by atoms with Crippen LogP contribution < -0.4 is 4.72 Å². The third-order valence-electron chi connectivity index (χ3n) is 2.83. The van der Waals surface area contributed by atoms with Crippen LogP contribution in [0, 0.1) is 6.92 Å². The molecule has 0 aliphatic heterocycles. The molecule has 0 radical (unpaired) electrons. The third-order valence-corrected chi connectivity index (χ3v) is 4.37. The predicted molar refractivity (Wildman–Crippen MR) is 72.8 cm³/mol. The molecule has 0 spiro atoms. The van der Waals surface area contributed by atoms with Gasteiger partial charge in [0.15, 0.2) is 0 Å². The SMILES string of the molecule is Cc1ccccc1C(C)NS(=O)(=O)CCCCO. The van der Waals surface area contributed by atoms with Crippen molar-refractivity contribution >= 4 is 10.0 Å². The minimum Gasteiger partial charge on any atom is -0.396 e. The van der Waals surface area contributed by atoms with E-state index in [4.69, 9.17) is 5.11 Å². The van der Waals surface area contributed by atoms with Crippen molar-refractivity contribution in [3.05, 3.63) is 35.4 Å². The molecule has 1 unspecified atom stereocenters. The van der Waals surface area contributed by atoms with E-state index in [0.717, 1.165) is 11.1 Å². The number of hydrogen-bond acceptors (Lipinski definition) is 3. The lowest BCUT2D eigenvalue weighted by molar-refractivity contribution is 0.287. The highest BCUT2D eigenvalue weighted by Crippen LogP contribution is 2.17. The van der Waals surface area contributed by atoms with E-state index < -0.39 is 10.0 Å². The molecule has 1 aromatic rings. The van der Waals surface area contributed by atoms with Crippen molar-refractivity contribution < 1.29 is 13.5 Å². The molecule has 0 amide bonds. The van der Waals surface area contributed by atoms with E-state index in [2.05, 4.69) is 4.72 Å². The van der Waals surface area contributed by atoms with Gasteiger partial charge in [0.25, 0.3) is 0 Å². The molecule has 18 heavy (non-hydrogen) atoms. The lowest BCUT2D eigenvalue weighted by Crippen LogP contribution is -2.29. The zero-order valence-electron chi connectivity index (χ0n) is 10.9. The van der Waals surface area contributed by atoms with Crippen molar-refractivity contribution in [2.75, 3.05) is 12.4 Å². The van der Waals surface area contributed by atoms with Gasteiger partial charge in [-0.1, -0.05) is 24.3 Å². The maximum atomic E-state index is 11.8. The van der Waals surface area contributed by atoms with E-state index in [9.17, 15) is 8.42 Å². The average molecular weight is 271 g/mol. The Morgan fingerprint density at radius 1 is 1.28 bits per heavy atom. The predicted octanol–water partition coefficient (Wildman–Crippen LogP) is 1.75. The van der Waals surface area contributed by atoms with E-state index >= 15 is 0 Å². The van der Waals surface area contributed by atoms with Crippen LogP contribution in [0.4, 0.5) is 0 Å². The highest BCUT2D eigenvalue weighted by atomic mass is 32.2. The van der Waals surface area contributed by atoms with E-state index in [-0.39, 0.29) is 18.4 Å². The summed E-state index contributed by atoms with van der Waals surface area (Å²) in [5, 5.41) is 8.64. The molecular weight excluding hydrogens is 250 g/mol. The molecule has 4 nitrogen and oxygen atoms in total. The number of unbranched alkanes of at least 4 members (excludes halogenated alkanes) is 1. The van der Waals surface area contributed by atoms with Gasteiger partial charge in [0, 0.05) is 12.6 Å². The number of rotatable bonds is 7. The Bertz CT molecular complexity index is 471. The molecule has 102 valence electrons. The highest BCUT2D eigenvalue weighted by molar-refractivity contribution is 7.89. The van der Waals surface area contributed by atoms with Crippen LogP contribution in [0.2, 0.25) is 0 Å². The molecule has 5 heteroatoms. The van der Waals surface area contributed by atoms with Crippen LogP contribution in [0.15, 0.2) is 24.3 Å². The lowest BCUT2D eigenvalue weighted by atomic mass is 10.0. The number of sulfonamides is 1. The van der Waals surface area contributed by atoms with Crippen molar-refractivity contribution in [3.63, 3.8) is 0 Å². The van der Waals surface area contributed by atoms with Crippen molar-refractivity contribution in [2.45, 2.75) is 32.7 Å². The van der Waals surface area contributed by atoms with Gasteiger partial charge in [-0.3, -0.25) is 0 Å². The topological polar surface area (TPSA) is 66.4 Å². The number of aliphatic hydroxyl groups excluding tert-OH is 1. The summed E-state index contributed by atoms with van der Waals surface area (Å²) in [4.78, 5) is 0. The van der Waals surface area contributed by atoms with Gasteiger partial charge in [-0.05, 0) is 37.8 Å². The summed E-state index contributed by atoms with van der Waals surface area (Å²) in [5.41, 5.74) is 2.06. The van der Waals surface area contributed by atoms with Gasteiger partial charge >= 0.3 is 0 Å². The second-order valence-electron chi connectivity index (χ2n) is 4.45. The first kappa shape index (κ1) is 15.1. The first-order chi connectivity index (χ1) is 8.46. The van der Waals surface area contributed by atoms with Crippen molar-refractivity contribution in [3.8, 4) is 0 Å². The zero-order chi connectivity index (χ0) is 13.6. The maximum Gasteiger partial charge on any atom is 0.212 e. The molecule has 0 aliphatic carbocycles. The summed E-state index contributed by atoms with van der Waals surface area (Å²) >= 11 is 0. The van der Waals surface area contributed by atoms with Crippen LogP contribution in [0.5, 0.6) is 0 Å². The Morgan fingerprint density at radius 3 is 2.56 bits per heavy atom. The second-order valence-corrected chi connectivity index (χ2v) is 6.32. The lowest BCUT2D eigenvalue weighted by Gasteiger charge is -2.16. The van der Waals surface area contributed by atoms with Gasteiger partial charge in [0.2, 0.25) is 10.0 Å². The minimum absolute atomic E-state index is 0.0306. The summed E-state index contributed by atoms with van der Waals surface area (Å²) < 4.78 is 26.3. The number of nitrogens with one attached hydrogen (secondary N) is 1. The summed E-state index contributed by atoms with van der Waals surface area (Å²) in [6, 6.07) is 7.49. The largest absolute Gasteiger partial charge is 0.396 e. The molecule has 0 saturated carbocycles. The standard InChI is InChI=1S/C13H21NO3S/c1-11-7-3-4-8-13(11)12(2)14-18(16,17)10-6-5-9-15/h3-4,7-8,12,14-15H,5-6,9-10H2,1-2H3. The summed E-state index contributed by atoms with van der Waals surface area (Å²) in [6.45, 7) is 3.83. The number of aliphatic hydroxyl groups is 1. The van der Waals surface area contributed by atoms with E-state index in [1.54, 1.807) is 0 Å². The van der Waals surface area contributed by atoms with Crippen LogP contribution in [0.3, 0.4) is 0 Å². The average Bonchev–Trinajstić information content (AvgIpc) is 2.29. The van der Waals surface area contributed by atoms with Crippen LogP contribution in [-0.2, 0) is 10.0 Å². The molecule has 0 bridgehead atoms. The van der Waals surface area contributed by atoms with Gasteiger partial charge < -0.3 is 5.11 Å². The van der Waals surface area contributed by atoms with Crippen molar-refractivity contribution in [1.82, 2.24) is 4.72 Å². The molecule has 0 heterocycles. The quantitative estimate of drug-likeness (QED) is 0.742. The van der Waals surface area contributed by atoms with Crippen LogP contribution in [0.1, 0.15) is 36.9 Å². The summed E-state index contributed by atoms with van der Waals surface area (Å²) in [7, 11) is -3.28. The smallest absolute Gasteiger partial charge is 0.212 e. The number of hydrogen-bond donors (Lipinski definition) is 2. The Morgan fingerprint density at radius 2 is 1.94 bits per heavy atom. The fourth-order valence-corrected chi connectivity index (χ4v) is 3.24. The van der Waals surface area contributed by atoms with Gasteiger partial charge in [-0.25, -0.2) is 13.1 Å². The molecule has 0 aliphatic rings. The van der Waals surface area contributed by atoms with Gasteiger partial charge in [0.1, 0.15) is 0 Å². The highest BCUT2D eigenvalue weighted by Gasteiger charge is 2.16. The van der Waals surface area contributed by atoms with Gasteiger partial charge in [-0.2, -0.15) is 0 Å². The Hall–Kier alpha value is -0.910. The number of aryl methyl sites for hydroxylation is 1. The van der Waals surface area contributed by atoms with Crippen LogP contribution in [-0.4, -0.2) is 25.9 Å². The summed E-state index contributed by atoms with van der Waals surface area (Å²) in [6.07, 6.45) is 0.992. The molecule has 2 N–H and O–H groups in total. The van der Waals surface area contributed by atoms with E-state index in [1.807, 2.05) is 38.1 Å². The normalized spacial score (nSPS) is 13.5. The van der Waals surface area contributed by atoms with Crippen molar-refractivity contribution in [2.24, 2.45) is 0 Å². The van der Waals surface area contributed by atoms with Crippen LogP contribution >= 0.6 is 0 Å². The number of benzene rings is 1. The van der Waals surface area contributed by atoms with Crippen molar-refractivity contribution in [1.29, 1.82) is 0 Å². The Balaban J connectivity index is 2.64. The molecule has 1 rings (SSSR count). The fraction of sp³-hybridized carbons (Fsp3) is 0.538. The zero-order valence-corrected chi connectivity index (χ0v) is 11.7. The molecule has 0 aromatic heterocycles. The van der Waals surface area contributed by atoms with E-state index in [1.165, 1.54) is 0 Å². The van der Waals surface area contributed by atoms with E-state index in [0.29, 0.717) is 12.8 Å². The fourth-order valence-electron chi connectivity index (χ4n) is 1.87. The monoisotopic (exact) mass is 271 g/mol. The van der Waals surface area contributed by atoms with Crippen LogP contribution in [0.25, 0.3) is 0 Å². The molecule has 1 atom stereocenters. The molecular formula is C13H21NO3S. The first-order valence-electron chi connectivity index (χ1n) is 6.12. The van der Waals surface area contributed by atoms with Gasteiger partial charge in [0.05, 0.1) is 5.75 Å². The first-order valence-corrected chi connectivity index (χ1v) is 7.78. The summed E-state index contributed by atoms with van der Waals surface area (Å²) in [5.74, 6) is 0.0593. The Labute approximate surface area is 109 Å². The third kappa shape index (κ3) is 4.76. The maximum absolute atomic E-state index is 11.8. The molecule has 1 aromatic carbocycles. The molecule has 0 saturated heterocycles. The Kier molecular flexibility index (Phi) is 5.78. The minimum atomic E-state index is -3.28.